The lowest BCUT2D eigenvalue weighted by molar-refractivity contribution is 0.0888. The average molecular weight is 200 g/mol. The fourth-order valence-electron chi connectivity index (χ4n) is 2.02. The van der Waals surface area contributed by atoms with Gasteiger partial charge in [-0.25, -0.2) is 4.79 Å². The minimum absolute atomic E-state index is 0.113. The second-order valence-corrected chi connectivity index (χ2v) is 3.90. The van der Waals surface area contributed by atoms with Crippen molar-refractivity contribution in [1.29, 1.82) is 0 Å². The number of hydrogen-bond donors (Lipinski definition) is 2. The van der Waals surface area contributed by atoms with Crippen LogP contribution in [-0.2, 0) is 4.74 Å². The summed E-state index contributed by atoms with van der Waals surface area (Å²) in [6, 6.07) is 0. The lowest BCUT2D eigenvalue weighted by Crippen LogP contribution is -2.32. The molecule has 0 radical (unpaired) electrons. The lowest BCUT2D eigenvalue weighted by Gasteiger charge is -2.19. The summed E-state index contributed by atoms with van der Waals surface area (Å²) in [6.07, 6.45) is 5.56. The van der Waals surface area contributed by atoms with Crippen molar-refractivity contribution in [2.24, 2.45) is 11.7 Å². The molecule has 1 aliphatic carbocycles. The van der Waals surface area contributed by atoms with Crippen LogP contribution in [0.25, 0.3) is 0 Å². The van der Waals surface area contributed by atoms with Gasteiger partial charge in [-0.05, 0) is 12.3 Å². The molecule has 0 aromatic carbocycles. The fourth-order valence-corrected chi connectivity index (χ4v) is 2.02. The van der Waals surface area contributed by atoms with Crippen molar-refractivity contribution >= 4 is 6.09 Å². The first-order chi connectivity index (χ1) is 6.76. The molecule has 1 unspecified atom stereocenters. The molecule has 1 aliphatic rings. The number of ether oxygens (including phenoxy) is 1. The van der Waals surface area contributed by atoms with Gasteiger partial charge in [0.2, 0.25) is 0 Å². The Morgan fingerprint density at radius 1 is 1.57 bits per heavy atom. The van der Waals surface area contributed by atoms with Gasteiger partial charge < -0.3 is 15.8 Å². The quantitative estimate of drug-likeness (QED) is 0.718. The van der Waals surface area contributed by atoms with Crippen LogP contribution in [0.1, 0.15) is 32.1 Å². The maximum atomic E-state index is 11.0. The van der Waals surface area contributed by atoms with Gasteiger partial charge in [0.1, 0.15) is 6.10 Å². The SMILES string of the molecule is CNC(=O)OC(CN)CC1CCCC1. The standard InChI is InChI=1S/C10H20N2O2/c1-12-10(13)14-9(7-11)6-8-4-2-3-5-8/h8-9H,2-7,11H2,1H3,(H,12,13). The highest BCUT2D eigenvalue weighted by Crippen LogP contribution is 2.29. The predicted octanol–water partition coefficient (Wildman–Crippen LogP) is 1.25. The molecule has 3 N–H and O–H groups in total. The second-order valence-electron chi connectivity index (χ2n) is 3.90. The Labute approximate surface area is 85.2 Å². The van der Waals surface area contributed by atoms with E-state index in [0.717, 1.165) is 6.42 Å². The Kier molecular flexibility index (Phi) is 4.73. The maximum absolute atomic E-state index is 11.0. The zero-order valence-corrected chi connectivity index (χ0v) is 8.79. The van der Waals surface area contributed by atoms with Crippen molar-refractivity contribution in [2.75, 3.05) is 13.6 Å². The second kappa shape index (κ2) is 5.86. The van der Waals surface area contributed by atoms with E-state index >= 15 is 0 Å². The average Bonchev–Trinajstić information content (AvgIpc) is 2.69. The van der Waals surface area contributed by atoms with Crippen molar-refractivity contribution in [3.63, 3.8) is 0 Å². The van der Waals surface area contributed by atoms with E-state index in [0.29, 0.717) is 12.5 Å². The molecule has 14 heavy (non-hydrogen) atoms. The number of amides is 1. The van der Waals surface area contributed by atoms with Crippen LogP contribution in [0.2, 0.25) is 0 Å². The molecule has 0 bridgehead atoms. The molecule has 4 nitrogen and oxygen atoms in total. The van der Waals surface area contributed by atoms with Crippen molar-refractivity contribution in [1.82, 2.24) is 5.32 Å². The number of nitrogens with one attached hydrogen (secondary N) is 1. The van der Waals surface area contributed by atoms with E-state index in [-0.39, 0.29) is 12.2 Å². The van der Waals surface area contributed by atoms with Crippen LogP contribution in [-0.4, -0.2) is 25.8 Å². The van der Waals surface area contributed by atoms with Gasteiger partial charge in [-0.3, -0.25) is 0 Å². The normalized spacial score (nSPS) is 19.3. The summed E-state index contributed by atoms with van der Waals surface area (Å²) < 4.78 is 5.14. The number of rotatable bonds is 4. The smallest absolute Gasteiger partial charge is 0.407 e. The lowest BCUT2D eigenvalue weighted by atomic mass is 10.0. The van der Waals surface area contributed by atoms with Crippen LogP contribution in [0.4, 0.5) is 4.79 Å². The van der Waals surface area contributed by atoms with Crippen molar-refractivity contribution in [3.05, 3.63) is 0 Å². The van der Waals surface area contributed by atoms with E-state index in [1.165, 1.54) is 25.7 Å². The van der Waals surface area contributed by atoms with Gasteiger partial charge in [0, 0.05) is 13.6 Å². The minimum atomic E-state index is -0.376. The number of carbonyl (C=O) groups excluding carboxylic acids is 1. The van der Waals surface area contributed by atoms with Crippen molar-refractivity contribution in [3.8, 4) is 0 Å². The van der Waals surface area contributed by atoms with Crippen LogP contribution in [0, 0.1) is 5.92 Å². The Bertz CT molecular complexity index is 179. The van der Waals surface area contributed by atoms with E-state index in [2.05, 4.69) is 5.32 Å². The molecular weight excluding hydrogens is 180 g/mol. The zero-order chi connectivity index (χ0) is 10.4. The van der Waals surface area contributed by atoms with Gasteiger partial charge in [-0.15, -0.1) is 0 Å². The van der Waals surface area contributed by atoms with Crippen LogP contribution < -0.4 is 11.1 Å². The van der Waals surface area contributed by atoms with Crippen LogP contribution in [0.5, 0.6) is 0 Å². The van der Waals surface area contributed by atoms with Crippen LogP contribution >= 0.6 is 0 Å². The summed E-state index contributed by atoms with van der Waals surface area (Å²) in [7, 11) is 1.56. The Morgan fingerprint density at radius 2 is 2.21 bits per heavy atom. The van der Waals surface area contributed by atoms with Crippen molar-refractivity contribution in [2.45, 2.75) is 38.2 Å². The first-order valence-electron chi connectivity index (χ1n) is 5.34. The molecule has 82 valence electrons. The molecular formula is C10H20N2O2. The summed E-state index contributed by atoms with van der Waals surface area (Å²) in [4.78, 5) is 11.0. The minimum Gasteiger partial charge on any atom is -0.445 e. The number of alkyl carbamates (subject to hydrolysis) is 1. The van der Waals surface area contributed by atoms with E-state index in [1.54, 1.807) is 7.05 Å². The number of nitrogens with two attached hydrogens (primary N) is 1. The monoisotopic (exact) mass is 200 g/mol. The third-order valence-electron chi connectivity index (χ3n) is 2.81. The molecule has 4 heteroatoms. The van der Waals surface area contributed by atoms with Crippen LogP contribution in [0.3, 0.4) is 0 Å². The Balaban J connectivity index is 2.26. The Morgan fingerprint density at radius 3 is 2.71 bits per heavy atom. The molecule has 0 aromatic rings. The maximum Gasteiger partial charge on any atom is 0.407 e. The highest BCUT2D eigenvalue weighted by molar-refractivity contribution is 5.66. The molecule has 1 amide bonds. The van der Waals surface area contributed by atoms with E-state index in [1.807, 2.05) is 0 Å². The number of hydrogen-bond acceptors (Lipinski definition) is 3. The fraction of sp³-hybridized carbons (Fsp3) is 0.900. The molecule has 0 heterocycles. The van der Waals surface area contributed by atoms with Crippen LogP contribution in [0.15, 0.2) is 0 Å². The first kappa shape index (κ1) is 11.3. The molecule has 0 saturated heterocycles. The van der Waals surface area contributed by atoms with E-state index < -0.39 is 0 Å². The number of carbonyl (C=O) groups is 1. The third-order valence-corrected chi connectivity index (χ3v) is 2.81. The molecule has 0 spiro atoms. The highest BCUT2D eigenvalue weighted by atomic mass is 16.6. The summed E-state index contributed by atoms with van der Waals surface area (Å²) in [5, 5.41) is 2.44. The molecule has 1 rings (SSSR count). The predicted molar refractivity (Wildman–Crippen MR) is 55.0 cm³/mol. The molecule has 0 aliphatic heterocycles. The van der Waals surface area contributed by atoms with E-state index in [4.69, 9.17) is 10.5 Å². The Hall–Kier alpha value is -0.770. The van der Waals surface area contributed by atoms with Gasteiger partial charge in [0.05, 0.1) is 0 Å². The van der Waals surface area contributed by atoms with Gasteiger partial charge >= 0.3 is 6.09 Å². The van der Waals surface area contributed by atoms with Gasteiger partial charge in [-0.2, -0.15) is 0 Å². The zero-order valence-electron chi connectivity index (χ0n) is 8.79. The largest absolute Gasteiger partial charge is 0.445 e. The van der Waals surface area contributed by atoms with Gasteiger partial charge in [-0.1, -0.05) is 25.7 Å². The summed E-state index contributed by atoms with van der Waals surface area (Å²) in [6.45, 7) is 0.421. The molecule has 1 saturated carbocycles. The molecule has 1 fully saturated rings. The van der Waals surface area contributed by atoms with Gasteiger partial charge in [0.25, 0.3) is 0 Å². The first-order valence-corrected chi connectivity index (χ1v) is 5.34. The van der Waals surface area contributed by atoms with Gasteiger partial charge in [0.15, 0.2) is 0 Å². The van der Waals surface area contributed by atoms with Crippen molar-refractivity contribution < 1.29 is 9.53 Å². The summed E-state index contributed by atoms with van der Waals surface area (Å²) in [5.41, 5.74) is 5.55. The summed E-state index contributed by atoms with van der Waals surface area (Å²) >= 11 is 0. The highest BCUT2D eigenvalue weighted by Gasteiger charge is 2.21. The third kappa shape index (κ3) is 3.54. The topological polar surface area (TPSA) is 64.3 Å². The van der Waals surface area contributed by atoms with E-state index in [9.17, 15) is 4.79 Å². The molecule has 1 atom stereocenters. The molecule has 0 aromatic heterocycles. The summed E-state index contributed by atoms with van der Waals surface area (Å²) in [5.74, 6) is 0.702.